The quantitative estimate of drug-likeness (QED) is 0.588. The minimum atomic E-state index is -3.75. The van der Waals surface area contributed by atoms with Gasteiger partial charge in [0, 0.05) is 15.4 Å². The summed E-state index contributed by atoms with van der Waals surface area (Å²) in [5.41, 5.74) is 0. The lowest BCUT2D eigenvalue weighted by Gasteiger charge is -1.94. The van der Waals surface area contributed by atoms with Crippen molar-refractivity contribution in [2.75, 3.05) is 0 Å². The molecule has 0 bridgehead atoms. The van der Waals surface area contributed by atoms with E-state index in [1.54, 1.807) is 6.07 Å². The van der Waals surface area contributed by atoms with Gasteiger partial charge in [0.25, 0.3) is 13.8 Å². The van der Waals surface area contributed by atoms with Gasteiger partial charge in [-0.2, -0.15) is 0 Å². The summed E-state index contributed by atoms with van der Waals surface area (Å²) in [6.45, 7) is 0. The van der Waals surface area contributed by atoms with Crippen LogP contribution in [0.15, 0.2) is 27.9 Å². The zero-order chi connectivity index (χ0) is 10.3. The van der Waals surface area contributed by atoms with Gasteiger partial charge in [0.2, 0.25) is 0 Å². The first-order chi connectivity index (χ1) is 6.48. The van der Waals surface area contributed by atoms with Crippen LogP contribution >= 0.6 is 31.4 Å². The Morgan fingerprint density at radius 3 is 2.57 bits per heavy atom. The van der Waals surface area contributed by atoms with Gasteiger partial charge in [-0.15, -0.1) is 0 Å². The molecule has 0 N–H and O–H groups in total. The standard InChI is InChI=1S/C7H3ClO3S3/c8-14(10,11)4-1-2-6-5(3-4)7(9)13-12-6/h1-3H. The summed E-state index contributed by atoms with van der Waals surface area (Å²) < 4.78 is 22.6. The molecule has 0 fully saturated rings. The van der Waals surface area contributed by atoms with Crippen LogP contribution in [-0.2, 0) is 9.05 Å². The molecule has 1 heterocycles. The third-order valence-electron chi connectivity index (χ3n) is 1.66. The molecule has 0 atom stereocenters. The third kappa shape index (κ3) is 1.70. The molecule has 0 aliphatic heterocycles. The van der Waals surface area contributed by atoms with Gasteiger partial charge < -0.3 is 0 Å². The summed E-state index contributed by atoms with van der Waals surface area (Å²) in [6, 6.07) is 4.30. The van der Waals surface area contributed by atoms with Gasteiger partial charge in [0.1, 0.15) is 0 Å². The summed E-state index contributed by atoms with van der Waals surface area (Å²) in [7, 11) is 3.82. The van der Waals surface area contributed by atoms with Gasteiger partial charge in [0.15, 0.2) is 0 Å². The van der Waals surface area contributed by atoms with Crippen LogP contribution < -0.4 is 4.74 Å². The summed E-state index contributed by atoms with van der Waals surface area (Å²) in [4.78, 5) is 11.2. The van der Waals surface area contributed by atoms with Gasteiger partial charge in [0.05, 0.1) is 10.3 Å². The first-order valence-electron chi connectivity index (χ1n) is 3.46. The largest absolute Gasteiger partial charge is 0.276 e. The van der Waals surface area contributed by atoms with E-state index in [0.717, 1.165) is 15.0 Å². The number of benzene rings is 1. The molecule has 0 spiro atoms. The summed E-state index contributed by atoms with van der Waals surface area (Å²) >= 11 is 0. The first-order valence-corrected chi connectivity index (χ1v) is 7.92. The summed E-state index contributed by atoms with van der Waals surface area (Å²) in [5, 5.41) is 0.418. The van der Waals surface area contributed by atoms with Gasteiger partial charge in [-0.3, -0.25) is 4.79 Å². The highest BCUT2D eigenvalue weighted by atomic mass is 35.7. The zero-order valence-corrected chi connectivity index (χ0v) is 9.76. The van der Waals surface area contributed by atoms with E-state index in [4.69, 9.17) is 10.7 Å². The normalized spacial score (nSPS) is 12.1. The lowest BCUT2D eigenvalue weighted by Crippen LogP contribution is -1.93. The highest BCUT2D eigenvalue weighted by Gasteiger charge is 2.12. The molecule has 2 rings (SSSR count). The van der Waals surface area contributed by atoms with Crippen LogP contribution in [0.1, 0.15) is 0 Å². The van der Waals surface area contributed by atoms with E-state index in [1.165, 1.54) is 22.5 Å². The van der Waals surface area contributed by atoms with Crippen molar-refractivity contribution in [1.29, 1.82) is 0 Å². The second-order valence-corrected chi connectivity index (χ2v) is 7.26. The average Bonchev–Trinajstić information content (AvgIpc) is 2.46. The Balaban J connectivity index is 2.86. The molecule has 0 saturated heterocycles. The topological polar surface area (TPSA) is 51.2 Å². The molecule has 0 aliphatic rings. The molecule has 0 saturated carbocycles. The van der Waals surface area contributed by atoms with Crippen molar-refractivity contribution in [1.82, 2.24) is 0 Å². The molecule has 1 aromatic carbocycles. The number of hydrogen-bond donors (Lipinski definition) is 0. The van der Waals surface area contributed by atoms with Crippen molar-refractivity contribution in [3.8, 4) is 0 Å². The van der Waals surface area contributed by atoms with Crippen molar-refractivity contribution < 1.29 is 8.42 Å². The third-order valence-corrected chi connectivity index (χ3v) is 5.24. The second kappa shape index (κ2) is 3.30. The lowest BCUT2D eigenvalue weighted by atomic mass is 10.3. The predicted molar refractivity (Wildman–Crippen MR) is 59.0 cm³/mol. The van der Waals surface area contributed by atoms with Crippen LogP contribution in [0, 0.1) is 0 Å². The monoisotopic (exact) mass is 266 g/mol. The Bertz CT molecular complexity index is 637. The molecule has 3 nitrogen and oxygen atoms in total. The highest BCUT2D eigenvalue weighted by molar-refractivity contribution is 8.13. The Labute approximate surface area is 91.4 Å². The van der Waals surface area contributed by atoms with Crippen LogP contribution in [0.25, 0.3) is 10.1 Å². The molecule has 74 valence electrons. The van der Waals surface area contributed by atoms with Gasteiger partial charge in [-0.25, -0.2) is 8.42 Å². The number of rotatable bonds is 1. The molecule has 14 heavy (non-hydrogen) atoms. The molecule has 7 heteroatoms. The van der Waals surface area contributed by atoms with E-state index in [1.807, 2.05) is 0 Å². The highest BCUT2D eigenvalue weighted by Crippen LogP contribution is 2.24. The van der Waals surface area contributed by atoms with E-state index in [9.17, 15) is 13.2 Å². The van der Waals surface area contributed by atoms with E-state index in [0.29, 0.717) is 5.39 Å². The summed E-state index contributed by atoms with van der Waals surface area (Å²) in [6.07, 6.45) is 0. The zero-order valence-electron chi connectivity index (χ0n) is 6.56. The van der Waals surface area contributed by atoms with Crippen molar-refractivity contribution in [3.05, 3.63) is 27.7 Å². The van der Waals surface area contributed by atoms with E-state index >= 15 is 0 Å². The van der Waals surface area contributed by atoms with Gasteiger partial charge in [-0.1, -0.05) is 10.3 Å². The molecule has 2 aromatic rings. The number of hydrogen-bond acceptors (Lipinski definition) is 5. The molecule has 0 amide bonds. The molecular formula is C7H3ClO3S3. The maximum absolute atomic E-state index is 11.2. The Kier molecular flexibility index (Phi) is 2.38. The Hall–Kier alpha value is -0.430. The number of halogens is 1. The van der Waals surface area contributed by atoms with E-state index in [2.05, 4.69) is 0 Å². The Morgan fingerprint density at radius 1 is 1.21 bits per heavy atom. The van der Waals surface area contributed by atoms with E-state index in [-0.39, 0.29) is 9.64 Å². The Morgan fingerprint density at radius 2 is 1.93 bits per heavy atom. The second-order valence-electron chi connectivity index (χ2n) is 2.55. The van der Waals surface area contributed by atoms with Crippen molar-refractivity contribution in [3.63, 3.8) is 0 Å². The first kappa shape index (κ1) is 10.1. The predicted octanol–water partition coefficient (Wildman–Crippen LogP) is 2.25. The fraction of sp³-hybridized carbons (Fsp3) is 0. The minimum Gasteiger partial charge on any atom is -0.276 e. The molecule has 0 radical (unpaired) electrons. The maximum atomic E-state index is 11.2. The number of fused-ring (bicyclic) bond motifs is 1. The summed E-state index contributed by atoms with van der Waals surface area (Å²) in [5.74, 6) is 0. The molecule has 1 aromatic heterocycles. The fourth-order valence-corrected chi connectivity index (χ4v) is 3.85. The maximum Gasteiger partial charge on any atom is 0.261 e. The SMILES string of the molecule is O=c1ssc2ccc(S(=O)(=O)Cl)cc12. The molecule has 0 unspecified atom stereocenters. The van der Waals surface area contributed by atoms with Crippen LogP contribution in [0.4, 0.5) is 0 Å². The average molecular weight is 267 g/mol. The van der Waals surface area contributed by atoms with Crippen molar-refractivity contribution in [2.24, 2.45) is 0 Å². The van der Waals surface area contributed by atoms with Crippen molar-refractivity contribution in [2.45, 2.75) is 4.90 Å². The van der Waals surface area contributed by atoms with Crippen LogP contribution in [0.5, 0.6) is 0 Å². The molecule has 0 aliphatic carbocycles. The van der Waals surface area contributed by atoms with Crippen LogP contribution in [0.3, 0.4) is 0 Å². The smallest absolute Gasteiger partial charge is 0.261 e. The van der Waals surface area contributed by atoms with Gasteiger partial charge in [-0.05, 0) is 28.5 Å². The van der Waals surface area contributed by atoms with Crippen LogP contribution in [-0.4, -0.2) is 8.42 Å². The van der Waals surface area contributed by atoms with Gasteiger partial charge >= 0.3 is 0 Å². The van der Waals surface area contributed by atoms with Crippen molar-refractivity contribution >= 4 is 50.5 Å². The molecular weight excluding hydrogens is 264 g/mol. The lowest BCUT2D eigenvalue weighted by molar-refractivity contribution is 0.609. The fourth-order valence-electron chi connectivity index (χ4n) is 1.02. The minimum absolute atomic E-state index is 0.0330. The van der Waals surface area contributed by atoms with Crippen LogP contribution in [0.2, 0.25) is 0 Å². The van der Waals surface area contributed by atoms with E-state index < -0.39 is 9.05 Å².